The third-order valence-electron chi connectivity index (χ3n) is 2.29. The van der Waals surface area contributed by atoms with Crippen LogP contribution in [0.3, 0.4) is 0 Å². The van der Waals surface area contributed by atoms with Gasteiger partial charge in [0, 0.05) is 36.3 Å². The standard InChI is InChI=1S/C12H11ClN2O/c13-11-8-14-6-4-10(11)12(16)7-9-3-1-2-5-15-9/h1-6,8,12,16H,7H2. The third kappa shape index (κ3) is 2.56. The number of aliphatic hydroxyl groups is 1. The molecule has 0 saturated carbocycles. The van der Waals surface area contributed by atoms with Gasteiger partial charge in [-0.2, -0.15) is 0 Å². The zero-order chi connectivity index (χ0) is 11.4. The maximum atomic E-state index is 10.0. The molecule has 0 aromatic carbocycles. The molecule has 0 amide bonds. The molecule has 2 aromatic rings. The first kappa shape index (κ1) is 11.0. The Bertz CT molecular complexity index is 462. The van der Waals surface area contributed by atoms with E-state index in [0.29, 0.717) is 17.0 Å². The Morgan fingerprint density at radius 1 is 1.25 bits per heavy atom. The van der Waals surface area contributed by atoms with Crippen LogP contribution < -0.4 is 0 Å². The summed E-state index contributed by atoms with van der Waals surface area (Å²) < 4.78 is 0. The highest BCUT2D eigenvalue weighted by Crippen LogP contribution is 2.23. The molecule has 0 saturated heterocycles. The molecule has 1 N–H and O–H groups in total. The summed E-state index contributed by atoms with van der Waals surface area (Å²) in [5, 5.41) is 10.5. The number of halogens is 1. The van der Waals surface area contributed by atoms with Crippen molar-refractivity contribution in [2.24, 2.45) is 0 Å². The first-order valence-electron chi connectivity index (χ1n) is 4.95. The van der Waals surface area contributed by atoms with E-state index in [0.717, 1.165) is 5.69 Å². The Morgan fingerprint density at radius 2 is 2.12 bits per heavy atom. The molecule has 0 aliphatic carbocycles. The molecule has 0 aliphatic rings. The summed E-state index contributed by atoms with van der Waals surface area (Å²) in [4.78, 5) is 8.03. The molecule has 3 nitrogen and oxygen atoms in total. The van der Waals surface area contributed by atoms with Crippen LogP contribution in [0.1, 0.15) is 17.4 Å². The molecular formula is C12H11ClN2O. The fraction of sp³-hybridized carbons (Fsp3) is 0.167. The van der Waals surface area contributed by atoms with E-state index in [-0.39, 0.29) is 0 Å². The summed E-state index contributed by atoms with van der Waals surface area (Å²) in [6.45, 7) is 0. The van der Waals surface area contributed by atoms with E-state index in [2.05, 4.69) is 9.97 Å². The van der Waals surface area contributed by atoms with E-state index < -0.39 is 6.10 Å². The Balaban J connectivity index is 2.15. The predicted molar refractivity (Wildman–Crippen MR) is 62.1 cm³/mol. The molecule has 0 fully saturated rings. The van der Waals surface area contributed by atoms with Crippen LogP contribution in [0.5, 0.6) is 0 Å². The molecule has 2 rings (SSSR count). The summed E-state index contributed by atoms with van der Waals surface area (Å²) in [7, 11) is 0. The average Bonchev–Trinajstić information content (AvgIpc) is 2.31. The highest BCUT2D eigenvalue weighted by atomic mass is 35.5. The SMILES string of the molecule is OC(Cc1ccccn1)c1ccncc1Cl. The first-order chi connectivity index (χ1) is 7.77. The maximum Gasteiger partial charge on any atom is 0.0860 e. The van der Waals surface area contributed by atoms with Crippen LogP contribution in [0, 0.1) is 0 Å². The van der Waals surface area contributed by atoms with Gasteiger partial charge in [-0.3, -0.25) is 9.97 Å². The number of pyridine rings is 2. The van der Waals surface area contributed by atoms with Gasteiger partial charge in [0.15, 0.2) is 0 Å². The van der Waals surface area contributed by atoms with Gasteiger partial charge in [-0.15, -0.1) is 0 Å². The van der Waals surface area contributed by atoms with Crippen molar-refractivity contribution in [3.63, 3.8) is 0 Å². The fourth-order valence-corrected chi connectivity index (χ4v) is 1.73. The number of hydrogen-bond acceptors (Lipinski definition) is 3. The highest BCUT2D eigenvalue weighted by Gasteiger charge is 2.12. The molecule has 2 heterocycles. The molecule has 0 bridgehead atoms. The number of nitrogens with zero attached hydrogens (tertiary/aromatic N) is 2. The van der Waals surface area contributed by atoms with Crippen molar-refractivity contribution in [1.82, 2.24) is 9.97 Å². The Hall–Kier alpha value is -1.45. The highest BCUT2D eigenvalue weighted by molar-refractivity contribution is 6.31. The average molecular weight is 235 g/mol. The van der Waals surface area contributed by atoms with Crippen molar-refractivity contribution < 1.29 is 5.11 Å². The van der Waals surface area contributed by atoms with Crippen molar-refractivity contribution >= 4 is 11.6 Å². The van der Waals surface area contributed by atoms with Crippen LogP contribution in [-0.2, 0) is 6.42 Å². The van der Waals surface area contributed by atoms with E-state index in [1.165, 1.54) is 6.20 Å². The maximum absolute atomic E-state index is 10.0. The summed E-state index contributed by atoms with van der Waals surface area (Å²) in [5.74, 6) is 0. The van der Waals surface area contributed by atoms with E-state index in [1.807, 2.05) is 18.2 Å². The molecule has 16 heavy (non-hydrogen) atoms. The molecule has 0 radical (unpaired) electrons. The molecule has 82 valence electrons. The van der Waals surface area contributed by atoms with Crippen molar-refractivity contribution in [2.45, 2.75) is 12.5 Å². The van der Waals surface area contributed by atoms with Crippen LogP contribution in [0.2, 0.25) is 5.02 Å². The predicted octanol–water partition coefficient (Wildman–Crippen LogP) is 2.41. The van der Waals surface area contributed by atoms with Crippen LogP contribution in [0.25, 0.3) is 0 Å². The van der Waals surface area contributed by atoms with Crippen molar-refractivity contribution in [3.8, 4) is 0 Å². The molecule has 0 aliphatic heterocycles. The van der Waals surface area contributed by atoms with Crippen LogP contribution in [0.4, 0.5) is 0 Å². The van der Waals surface area contributed by atoms with Crippen molar-refractivity contribution in [1.29, 1.82) is 0 Å². The topological polar surface area (TPSA) is 46.0 Å². The van der Waals surface area contributed by atoms with Gasteiger partial charge in [0.2, 0.25) is 0 Å². The lowest BCUT2D eigenvalue weighted by atomic mass is 10.1. The molecular weight excluding hydrogens is 224 g/mol. The summed E-state index contributed by atoms with van der Waals surface area (Å²) in [6, 6.07) is 7.33. The van der Waals surface area contributed by atoms with Gasteiger partial charge >= 0.3 is 0 Å². The van der Waals surface area contributed by atoms with Gasteiger partial charge in [0.25, 0.3) is 0 Å². The number of aromatic nitrogens is 2. The molecule has 1 atom stereocenters. The summed E-state index contributed by atoms with van der Waals surface area (Å²) >= 11 is 5.94. The molecule has 1 unspecified atom stereocenters. The second-order valence-corrected chi connectivity index (χ2v) is 3.85. The van der Waals surface area contributed by atoms with Gasteiger partial charge < -0.3 is 5.11 Å². The van der Waals surface area contributed by atoms with Gasteiger partial charge in [-0.05, 0) is 18.2 Å². The van der Waals surface area contributed by atoms with E-state index in [4.69, 9.17) is 11.6 Å². The van der Waals surface area contributed by atoms with E-state index in [9.17, 15) is 5.11 Å². The largest absolute Gasteiger partial charge is 0.388 e. The minimum atomic E-state index is -0.648. The van der Waals surface area contributed by atoms with Gasteiger partial charge in [-0.1, -0.05) is 17.7 Å². The number of hydrogen-bond donors (Lipinski definition) is 1. The quantitative estimate of drug-likeness (QED) is 0.887. The van der Waals surface area contributed by atoms with Crippen LogP contribution in [0.15, 0.2) is 42.9 Å². The minimum Gasteiger partial charge on any atom is -0.388 e. The summed E-state index contributed by atoms with van der Waals surface area (Å²) in [6.07, 6.45) is 4.65. The van der Waals surface area contributed by atoms with Gasteiger partial charge in [0.1, 0.15) is 0 Å². The molecule has 2 aromatic heterocycles. The van der Waals surface area contributed by atoms with Crippen LogP contribution in [-0.4, -0.2) is 15.1 Å². The van der Waals surface area contributed by atoms with Gasteiger partial charge in [0.05, 0.1) is 11.1 Å². The van der Waals surface area contributed by atoms with Crippen molar-refractivity contribution in [3.05, 3.63) is 59.1 Å². The van der Waals surface area contributed by atoms with Crippen molar-refractivity contribution in [2.75, 3.05) is 0 Å². The zero-order valence-corrected chi connectivity index (χ0v) is 9.30. The Labute approximate surface area is 98.8 Å². The van der Waals surface area contributed by atoms with E-state index >= 15 is 0 Å². The minimum absolute atomic E-state index is 0.449. The third-order valence-corrected chi connectivity index (χ3v) is 2.61. The lowest BCUT2D eigenvalue weighted by Gasteiger charge is -2.11. The lowest BCUT2D eigenvalue weighted by molar-refractivity contribution is 0.177. The van der Waals surface area contributed by atoms with E-state index in [1.54, 1.807) is 18.5 Å². The second-order valence-electron chi connectivity index (χ2n) is 3.44. The fourth-order valence-electron chi connectivity index (χ4n) is 1.48. The Morgan fingerprint density at radius 3 is 2.81 bits per heavy atom. The zero-order valence-electron chi connectivity index (χ0n) is 8.55. The molecule has 4 heteroatoms. The summed E-state index contributed by atoms with van der Waals surface area (Å²) in [5.41, 5.74) is 1.52. The lowest BCUT2D eigenvalue weighted by Crippen LogP contribution is -2.04. The monoisotopic (exact) mass is 234 g/mol. The number of aliphatic hydroxyl groups excluding tert-OH is 1. The smallest absolute Gasteiger partial charge is 0.0860 e. The van der Waals surface area contributed by atoms with Crippen LogP contribution >= 0.6 is 11.6 Å². The first-order valence-corrected chi connectivity index (χ1v) is 5.32. The molecule has 0 spiro atoms. The van der Waals surface area contributed by atoms with Gasteiger partial charge in [-0.25, -0.2) is 0 Å². The second kappa shape index (κ2) is 5.05. The number of rotatable bonds is 3. The normalized spacial score (nSPS) is 12.4. The Kier molecular flexibility index (Phi) is 3.49.